The van der Waals surface area contributed by atoms with Crippen LogP contribution >= 0.6 is 0 Å². The number of nitrogens with one attached hydrogen (secondary N) is 1. The molecule has 21 heavy (non-hydrogen) atoms. The lowest BCUT2D eigenvalue weighted by atomic mass is 10.0. The lowest BCUT2D eigenvalue weighted by Gasteiger charge is -2.17. The Morgan fingerprint density at radius 1 is 1.24 bits per heavy atom. The number of hydrogen-bond donors (Lipinski definition) is 1. The van der Waals surface area contributed by atoms with Crippen LogP contribution in [-0.2, 0) is 6.42 Å². The van der Waals surface area contributed by atoms with Gasteiger partial charge in [-0.15, -0.1) is 0 Å². The summed E-state index contributed by atoms with van der Waals surface area (Å²) in [6.07, 6.45) is 5.19. The van der Waals surface area contributed by atoms with Crippen LogP contribution in [0.5, 0.6) is 5.75 Å². The van der Waals surface area contributed by atoms with E-state index in [1.165, 1.54) is 13.2 Å². The number of ether oxygens (including phenoxy) is 1. The minimum Gasteiger partial charge on any atom is -0.496 e. The average Bonchev–Trinajstić information content (AvgIpc) is 2.49. The maximum absolute atomic E-state index is 10.9. The van der Waals surface area contributed by atoms with Gasteiger partial charge in [0.15, 0.2) is 0 Å². The molecular weight excluding hydrogens is 268 g/mol. The molecule has 5 heteroatoms. The number of benzene rings is 1. The van der Waals surface area contributed by atoms with E-state index in [0.29, 0.717) is 11.8 Å². The van der Waals surface area contributed by atoms with Gasteiger partial charge in [-0.3, -0.25) is 10.1 Å². The van der Waals surface area contributed by atoms with Crippen molar-refractivity contribution in [2.24, 2.45) is 0 Å². The van der Waals surface area contributed by atoms with E-state index in [0.717, 1.165) is 44.2 Å². The summed E-state index contributed by atoms with van der Waals surface area (Å²) in [7, 11) is 1.53. The fourth-order valence-electron chi connectivity index (χ4n) is 2.40. The number of rotatable bonds is 10. The largest absolute Gasteiger partial charge is 0.496 e. The standard InChI is InChI=1S/C16H26N2O3/c1-4-6-14(17-9-5-2)8-7-13-10-15(18(19)20)12-16(11-13)21-3/h10-12,14,17H,4-9H2,1-3H3. The number of non-ortho nitro benzene ring substituents is 1. The second kappa shape index (κ2) is 9.34. The molecule has 1 rings (SSSR count). The third-order valence-corrected chi connectivity index (χ3v) is 3.50. The molecule has 1 N–H and O–H groups in total. The van der Waals surface area contributed by atoms with E-state index >= 15 is 0 Å². The molecule has 0 aromatic heterocycles. The molecule has 1 aromatic rings. The molecule has 0 heterocycles. The molecule has 0 aliphatic rings. The topological polar surface area (TPSA) is 64.4 Å². The first-order chi connectivity index (χ1) is 10.1. The van der Waals surface area contributed by atoms with Crippen LogP contribution in [0.4, 0.5) is 5.69 Å². The van der Waals surface area contributed by atoms with Crippen molar-refractivity contribution in [2.75, 3.05) is 13.7 Å². The van der Waals surface area contributed by atoms with Gasteiger partial charge in [0.25, 0.3) is 5.69 Å². The third-order valence-electron chi connectivity index (χ3n) is 3.50. The lowest BCUT2D eigenvalue weighted by molar-refractivity contribution is -0.385. The first kappa shape index (κ1) is 17.4. The number of nitro benzene ring substituents is 1. The molecule has 0 radical (unpaired) electrons. The normalized spacial score (nSPS) is 12.1. The summed E-state index contributed by atoms with van der Waals surface area (Å²) in [5, 5.41) is 14.5. The van der Waals surface area contributed by atoms with Gasteiger partial charge in [0, 0.05) is 12.1 Å². The molecule has 0 saturated heterocycles. The molecule has 1 aromatic carbocycles. The molecule has 1 atom stereocenters. The van der Waals surface area contributed by atoms with Crippen LogP contribution in [0.25, 0.3) is 0 Å². The van der Waals surface area contributed by atoms with E-state index < -0.39 is 0 Å². The number of hydrogen-bond acceptors (Lipinski definition) is 4. The van der Waals surface area contributed by atoms with Crippen LogP contribution in [0, 0.1) is 10.1 Å². The zero-order valence-corrected chi connectivity index (χ0v) is 13.2. The maximum atomic E-state index is 10.9. The second-order valence-corrected chi connectivity index (χ2v) is 5.27. The predicted molar refractivity (Wildman–Crippen MR) is 85.0 cm³/mol. The maximum Gasteiger partial charge on any atom is 0.273 e. The van der Waals surface area contributed by atoms with Gasteiger partial charge in [0.1, 0.15) is 5.75 Å². The van der Waals surface area contributed by atoms with E-state index in [4.69, 9.17) is 4.74 Å². The zero-order chi connectivity index (χ0) is 15.7. The Balaban J connectivity index is 2.71. The predicted octanol–water partition coefficient (Wildman–Crippen LogP) is 3.70. The molecular formula is C16H26N2O3. The number of nitro groups is 1. The van der Waals surface area contributed by atoms with E-state index in [1.807, 2.05) is 6.07 Å². The Bertz CT molecular complexity index is 449. The Morgan fingerprint density at radius 3 is 2.57 bits per heavy atom. The number of aryl methyl sites for hydroxylation is 1. The zero-order valence-electron chi connectivity index (χ0n) is 13.2. The molecule has 118 valence electrons. The van der Waals surface area contributed by atoms with Gasteiger partial charge < -0.3 is 10.1 Å². The van der Waals surface area contributed by atoms with Crippen LogP contribution in [0.15, 0.2) is 18.2 Å². The highest BCUT2D eigenvalue weighted by molar-refractivity contribution is 5.42. The summed E-state index contributed by atoms with van der Waals surface area (Å²) in [4.78, 5) is 10.6. The second-order valence-electron chi connectivity index (χ2n) is 5.27. The minimum atomic E-state index is -0.370. The van der Waals surface area contributed by atoms with Crippen molar-refractivity contribution in [3.05, 3.63) is 33.9 Å². The van der Waals surface area contributed by atoms with Gasteiger partial charge in [0.05, 0.1) is 18.1 Å². The van der Waals surface area contributed by atoms with Gasteiger partial charge in [-0.05, 0) is 43.9 Å². The van der Waals surface area contributed by atoms with Crippen LogP contribution < -0.4 is 10.1 Å². The summed E-state index contributed by atoms with van der Waals surface area (Å²) < 4.78 is 5.14. The summed E-state index contributed by atoms with van der Waals surface area (Å²) in [6, 6.07) is 5.46. The Hall–Kier alpha value is -1.62. The van der Waals surface area contributed by atoms with Gasteiger partial charge in [-0.1, -0.05) is 20.3 Å². The quantitative estimate of drug-likeness (QED) is 0.528. The summed E-state index contributed by atoms with van der Waals surface area (Å²) in [5.41, 5.74) is 1.05. The number of nitrogens with zero attached hydrogens (tertiary/aromatic N) is 1. The third kappa shape index (κ3) is 6.12. The van der Waals surface area contributed by atoms with Gasteiger partial charge >= 0.3 is 0 Å². The van der Waals surface area contributed by atoms with E-state index in [9.17, 15) is 10.1 Å². The monoisotopic (exact) mass is 294 g/mol. The van der Waals surface area contributed by atoms with Crippen molar-refractivity contribution in [3.63, 3.8) is 0 Å². The van der Waals surface area contributed by atoms with E-state index in [1.54, 1.807) is 6.07 Å². The molecule has 0 saturated carbocycles. The molecule has 0 amide bonds. The smallest absolute Gasteiger partial charge is 0.273 e. The van der Waals surface area contributed by atoms with Crippen molar-refractivity contribution in [2.45, 2.75) is 52.0 Å². The molecule has 5 nitrogen and oxygen atoms in total. The van der Waals surface area contributed by atoms with Crippen LogP contribution in [0.3, 0.4) is 0 Å². The highest BCUT2D eigenvalue weighted by Crippen LogP contribution is 2.23. The first-order valence-electron chi connectivity index (χ1n) is 7.66. The van der Waals surface area contributed by atoms with Crippen molar-refractivity contribution in [1.29, 1.82) is 0 Å². The lowest BCUT2D eigenvalue weighted by Crippen LogP contribution is -2.30. The Kier molecular flexibility index (Phi) is 7.75. The molecule has 0 bridgehead atoms. The molecule has 0 spiro atoms. The molecule has 0 fully saturated rings. The highest BCUT2D eigenvalue weighted by atomic mass is 16.6. The van der Waals surface area contributed by atoms with E-state index in [-0.39, 0.29) is 10.6 Å². The van der Waals surface area contributed by atoms with E-state index in [2.05, 4.69) is 19.2 Å². The molecule has 0 aliphatic carbocycles. The van der Waals surface area contributed by atoms with Crippen LogP contribution in [0.2, 0.25) is 0 Å². The van der Waals surface area contributed by atoms with Crippen LogP contribution in [0.1, 0.15) is 45.1 Å². The first-order valence-corrected chi connectivity index (χ1v) is 7.66. The summed E-state index contributed by atoms with van der Waals surface area (Å²) in [6.45, 7) is 5.35. The molecule has 0 aliphatic heterocycles. The molecule has 1 unspecified atom stereocenters. The van der Waals surface area contributed by atoms with Gasteiger partial charge in [0.2, 0.25) is 0 Å². The summed E-state index contributed by atoms with van der Waals surface area (Å²) in [5.74, 6) is 0.549. The Morgan fingerprint density at radius 2 is 2.00 bits per heavy atom. The van der Waals surface area contributed by atoms with Gasteiger partial charge in [-0.2, -0.15) is 0 Å². The summed E-state index contributed by atoms with van der Waals surface area (Å²) >= 11 is 0. The fourth-order valence-corrected chi connectivity index (χ4v) is 2.40. The van der Waals surface area contributed by atoms with Crippen molar-refractivity contribution < 1.29 is 9.66 Å². The van der Waals surface area contributed by atoms with Crippen LogP contribution in [-0.4, -0.2) is 24.6 Å². The van der Waals surface area contributed by atoms with Gasteiger partial charge in [-0.25, -0.2) is 0 Å². The number of methoxy groups -OCH3 is 1. The minimum absolute atomic E-state index is 0.0953. The average molecular weight is 294 g/mol. The van der Waals surface area contributed by atoms with Crippen molar-refractivity contribution in [3.8, 4) is 5.75 Å². The van der Waals surface area contributed by atoms with Crippen molar-refractivity contribution in [1.82, 2.24) is 5.32 Å². The highest BCUT2D eigenvalue weighted by Gasteiger charge is 2.12. The van der Waals surface area contributed by atoms with Crippen molar-refractivity contribution >= 4 is 5.69 Å². The fraction of sp³-hybridized carbons (Fsp3) is 0.625. The SMILES string of the molecule is CCCNC(CCC)CCc1cc(OC)cc([N+](=O)[O-])c1. The Labute approximate surface area is 126 Å².